The van der Waals surface area contributed by atoms with Crippen molar-refractivity contribution < 1.29 is 9.18 Å². The minimum atomic E-state index is -0.715. The van der Waals surface area contributed by atoms with E-state index in [1.807, 2.05) is 46.9 Å². The molecule has 0 aliphatic heterocycles. The maximum atomic E-state index is 14.5. The summed E-state index contributed by atoms with van der Waals surface area (Å²) in [6.45, 7) is 28.6. The molecule has 1 aromatic heterocycles. The van der Waals surface area contributed by atoms with Gasteiger partial charge >= 0.3 is 0 Å². The molecule has 0 saturated carbocycles. The summed E-state index contributed by atoms with van der Waals surface area (Å²) in [6, 6.07) is 6.26. The molecule has 50 heavy (non-hydrogen) atoms. The van der Waals surface area contributed by atoms with Crippen LogP contribution in [0.1, 0.15) is 163 Å². The van der Waals surface area contributed by atoms with Crippen molar-refractivity contribution >= 4 is 23.4 Å². The molecule has 280 valence electrons. The number of anilines is 1. The molecule has 0 radical (unpaired) electrons. The number of ketones is 1. The van der Waals surface area contributed by atoms with E-state index in [1.54, 1.807) is 6.92 Å². The van der Waals surface area contributed by atoms with Crippen LogP contribution in [0.2, 0.25) is 0 Å². The Labute approximate surface area is 307 Å². The fourth-order valence-electron chi connectivity index (χ4n) is 6.15. The second-order valence-corrected chi connectivity index (χ2v) is 12.7. The van der Waals surface area contributed by atoms with Crippen molar-refractivity contribution in [3.8, 4) is 0 Å². The molecule has 1 heterocycles. The van der Waals surface area contributed by atoms with E-state index in [4.69, 9.17) is 9.97 Å². The Balaban J connectivity index is 0.00000578. The smallest absolute Gasteiger partial charge is 0.227 e. The fourth-order valence-corrected chi connectivity index (χ4v) is 6.15. The summed E-state index contributed by atoms with van der Waals surface area (Å²) in [7, 11) is 0. The van der Waals surface area contributed by atoms with Crippen molar-refractivity contribution in [3.63, 3.8) is 0 Å². The van der Waals surface area contributed by atoms with Crippen molar-refractivity contribution in [3.05, 3.63) is 87.4 Å². The molecule has 0 spiro atoms. The standard InChI is InChI=1S/C41H60FN3O.2C2H6/c1-11-18-33(37(42)15-5)23-22-29(8)32(14-4)24-25-39(28(7)13-3)45-41-43-27-35(38(16-6)44-41)26-36(31(10)46)40-30(9)20-17-21-34(40)19-12-2;2*1-2/h14,17,20-21,24-27,29,33,37H,11-13,15-16,18-19,22-23H2,1-10H3,(H,43,44,45);2*1-2H3/b25-24-,32-14+,36-26+,39-28+;;. The minimum Gasteiger partial charge on any atom is -0.324 e. The van der Waals surface area contributed by atoms with Crippen molar-refractivity contribution in [2.45, 2.75) is 161 Å². The number of hydrogen-bond acceptors (Lipinski definition) is 4. The summed E-state index contributed by atoms with van der Waals surface area (Å²) in [6.07, 6.45) is 17.5. The molecule has 3 atom stereocenters. The molecule has 0 fully saturated rings. The van der Waals surface area contributed by atoms with Gasteiger partial charge in [0.25, 0.3) is 0 Å². The van der Waals surface area contributed by atoms with Gasteiger partial charge in [0.1, 0.15) is 6.17 Å². The van der Waals surface area contributed by atoms with Gasteiger partial charge in [0.2, 0.25) is 5.95 Å². The van der Waals surface area contributed by atoms with Crippen LogP contribution in [0.5, 0.6) is 0 Å². The van der Waals surface area contributed by atoms with Gasteiger partial charge in [-0.1, -0.05) is 112 Å². The van der Waals surface area contributed by atoms with E-state index < -0.39 is 6.17 Å². The maximum absolute atomic E-state index is 14.5. The van der Waals surface area contributed by atoms with Crippen LogP contribution < -0.4 is 5.32 Å². The maximum Gasteiger partial charge on any atom is 0.227 e. The van der Waals surface area contributed by atoms with Gasteiger partial charge < -0.3 is 5.32 Å². The highest BCUT2D eigenvalue weighted by atomic mass is 19.1. The van der Waals surface area contributed by atoms with Crippen LogP contribution in [-0.4, -0.2) is 21.9 Å². The van der Waals surface area contributed by atoms with Crippen molar-refractivity contribution in [1.82, 2.24) is 9.97 Å². The Morgan fingerprint density at radius 1 is 0.960 bits per heavy atom. The first-order valence-corrected chi connectivity index (χ1v) is 19.7. The van der Waals surface area contributed by atoms with Crippen LogP contribution in [0.4, 0.5) is 10.3 Å². The molecule has 0 aliphatic rings. The Morgan fingerprint density at radius 3 is 2.18 bits per heavy atom. The second kappa shape index (κ2) is 26.5. The van der Waals surface area contributed by atoms with Crippen LogP contribution in [0.15, 0.2) is 59.5 Å². The zero-order valence-electron chi connectivity index (χ0n) is 34.4. The summed E-state index contributed by atoms with van der Waals surface area (Å²) in [5.74, 6) is 1.06. The van der Waals surface area contributed by atoms with Crippen molar-refractivity contribution in [1.29, 1.82) is 0 Å². The highest BCUT2D eigenvalue weighted by Gasteiger charge is 2.20. The van der Waals surface area contributed by atoms with E-state index in [0.717, 1.165) is 73.0 Å². The number of hydrogen-bond donors (Lipinski definition) is 1. The van der Waals surface area contributed by atoms with E-state index in [9.17, 15) is 9.18 Å². The van der Waals surface area contributed by atoms with E-state index >= 15 is 0 Å². The SMILES string of the molecule is CC.CC.C\C=C(/C=C\C(Nc1ncc(/C=C(\C(C)=O)c2c(C)cccc2CCC)c(CC)n1)=C(\C)CC)C(C)CCC(CCC)C(F)CC. The topological polar surface area (TPSA) is 54.9 Å². The predicted octanol–water partition coefficient (Wildman–Crippen LogP) is 13.7. The van der Waals surface area contributed by atoms with Gasteiger partial charge in [-0.05, 0) is 124 Å². The number of aryl methyl sites for hydroxylation is 3. The third-order valence-electron chi connectivity index (χ3n) is 9.17. The van der Waals surface area contributed by atoms with Gasteiger partial charge in [0, 0.05) is 23.0 Å². The van der Waals surface area contributed by atoms with Crippen molar-refractivity contribution in [2.24, 2.45) is 11.8 Å². The Bertz CT molecular complexity index is 1400. The van der Waals surface area contributed by atoms with Gasteiger partial charge in [0.05, 0.1) is 5.69 Å². The number of nitrogens with one attached hydrogen (secondary N) is 1. The first-order valence-electron chi connectivity index (χ1n) is 19.7. The molecule has 2 aromatic rings. The highest BCUT2D eigenvalue weighted by Crippen LogP contribution is 2.30. The molecular weight excluding hydrogens is 618 g/mol. The number of rotatable bonds is 19. The van der Waals surface area contributed by atoms with Crippen LogP contribution in [0, 0.1) is 18.8 Å². The number of carbonyl (C=O) groups is 1. The molecule has 0 saturated heterocycles. The number of nitrogens with zero attached hydrogens (tertiary/aromatic N) is 2. The van der Waals surface area contributed by atoms with Crippen LogP contribution in [0.3, 0.4) is 0 Å². The zero-order chi connectivity index (χ0) is 38.2. The number of aromatic nitrogens is 2. The molecule has 4 nitrogen and oxygen atoms in total. The molecule has 2 rings (SSSR count). The number of benzene rings is 1. The van der Waals surface area contributed by atoms with Gasteiger partial charge in [-0.25, -0.2) is 14.4 Å². The molecule has 0 bridgehead atoms. The lowest BCUT2D eigenvalue weighted by Crippen LogP contribution is -2.16. The molecule has 5 heteroatoms. The lowest BCUT2D eigenvalue weighted by molar-refractivity contribution is -0.111. The van der Waals surface area contributed by atoms with Gasteiger partial charge in [0.15, 0.2) is 5.78 Å². The Morgan fingerprint density at radius 2 is 1.64 bits per heavy atom. The summed E-state index contributed by atoms with van der Waals surface area (Å²) >= 11 is 0. The predicted molar refractivity (Wildman–Crippen MR) is 219 cm³/mol. The Kier molecular flexibility index (Phi) is 24.7. The number of alkyl halides is 1. The summed E-state index contributed by atoms with van der Waals surface area (Å²) in [4.78, 5) is 22.6. The average Bonchev–Trinajstić information content (AvgIpc) is 3.13. The quantitative estimate of drug-likeness (QED) is 0.118. The normalized spacial score (nSPS) is 14.1. The van der Waals surface area contributed by atoms with Gasteiger partial charge in [-0.3, -0.25) is 4.79 Å². The molecule has 1 N–H and O–H groups in total. The van der Waals surface area contributed by atoms with E-state index in [0.29, 0.717) is 30.3 Å². The largest absolute Gasteiger partial charge is 0.324 e. The minimum absolute atomic E-state index is 0.0367. The monoisotopic (exact) mass is 690 g/mol. The highest BCUT2D eigenvalue weighted by molar-refractivity contribution is 6.25. The number of carbonyl (C=O) groups excluding carboxylic acids is 1. The van der Waals surface area contributed by atoms with E-state index in [2.05, 4.69) is 97.1 Å². The zero-order valence-corrected chi connectivity index (χ0v) is 34.4. The fraction of sp³-hybridized carbons (Fsp3) is 0.578. The lowest BCUT2D eigenvalue weighted by Gasteiger charge is -2.22. The third-order valence-corrected chi connectivity index (χ3v) is 9.17. The molecular formula is C45H72FN3O. The van der Waals surface area contributed by atoms with Crippen molar-refractivity contribution in [2.75, 3.05) is 5.32 Å². The Hall–Kier alpha value is -3.34. The molecule has 1 aromatic carbocycles. The summed E-state index contributed by atoms with van der Waals surface area (Å²) in [5.41, 5.74) is 9.21. The third kappa shape index (κ3) is 14.9. The molecule has 0 aliphatic carbocycles. The van der Waals surface area contributed by atoms with Crippen LogP contribution in [0.25, 0.3) is 11.6 Å². The number of allylic oxidation sites excluding steroid dienone is 6. The molecule has 3 unspecified atom stereocenters. The van der Waals surface area contributed by atoms with Crippen LogP contribution >= 0.6 is 0 Å². The lowest BCUT2D eigenvalue weighted by atomic mass is 9.86. The summed E-state index contributed by atoms with van der Waals surface area (Å²) < 4.78 is 14.5. The summed E-state index contributed by atoms with van der Waals surface area (Å²) in [5, 5.41) is 3.49. The van der Waals surface area contributed by atoms with Crippen LogP contribution in [-0.2, 0) is 17.6 Å². The van der Waals surface area contributed by atoms with Gasteiger partial charge in [-0.15, -0.1) is 0 Å². The van der Waals surface area contributed by atoms with Gasteiger partial charge in [-0.2, -0.15) is 0 Å². The molecule has 0 amide bonds. The van der Waals surface area contributed by atoms with E-state index in [1.165, 1.54) is 16.7 Å². The first-order chi connectivity index (χ1) is 24.0. The average molecular weight is 690 g/mol. The number of Topliss-reactive ketones (excluding diaryl/α,β-unsaturated/α-hetero) is 1. The first kappa shape index (κ1) is 46.7. The number of halogens is 1. The second-order valence-electron chi connectivity index (χ2n) is 12.7. The van der Waals surface area contributed by atoms with E-state index in [-0.39, 0.29) is 11.7 Å².